The van der Waals surface area contributed by atoms with Crippen molar-refractivity contribution in [2.24, 2.45) is 0 Å². The Hall–Kier alpha value is -1.18. The van der Waals surface area contributed by atoms with E-state index in [-0.39, 0.29) is 0 Å². The Morgan fingerprint density at radius 1 is 1.23 bits per heavy atom. The second-order valence-corrected chi connectivity index (χ2v) is 3.11. The van der Waals surface area contributed by atoms with E-state index in [2.05, 4.69) is 18.7 Å². The summed E-state index contributed by atoms with van der Waals surface area (Å²) in [6.45, 7) is 8.06. The molecule has 0 bridgehead atoms. The number of hydrogen-bond donors (Lipinski definition) is 1. The molecule has 1 rings (SSSR count). The van der Waals surface area contributed by atoms with Gasteiger partial charge < -0.3 is 10.0 Å². The van der Waals surface area contributed by atoms with Crippen LogP contribution in [0.1, 0.15) is 19.4 Å². The number of aryl methyl sites for hydroxylation is 1. The fourth-order valence-electron chi connectivity index (χ4n) is 1.59. The van der Waals surface area contributed by atoms with Crippen molar-refractivity contribution in [3.63, 3.8) is 0 Å². The second-order valence-electron chi connectivity index (χ2n) is 3.11. The minimum Gasteiger partial charge on any atom is -0.506 e. The molecule has 0 aliphatic carbocycles. The number of aromatic hydroxyl groups is 1. The minimum atomic E-state index is 0.378. The lowest BCUT2D eigenvalue weighted by atomic mass is 10.1. The monoisotopic (exact) mass is 179 g/mol. The van der Waals surface area contributed by atoms with Crippen molar-refractivity contribution >= 4 is 5.69 Å². The zero-order chi connectivity index (χ0) is 9.84. The van der Waals surface area contributed by atoms with Gasteiger partial charge in [-0.2, -0.15) is 0 Å². The van der Waals surface area contributed by atoms with Gasteiger partial charge in [-0.15, -0.1) is 0 Å². The molecular weight excluding hydrogens is 162 g/mol. The van der Waals surface area contributed by atoms with Crippen LogP contribution in [0.25, 0.3) is 0 Å². The number of phenols is 1. The van der Waals surface area contributed by atoms with E-state index in [1.54, 1.807) is 6.07 Å². The molecule has 0 amide bonds. The maximum Gasteiger partial charge on any atom is 0.139 e. The molecule has 1 aromatic carbocycles. The average Bonchev–Trinajstić information content (AvgIpc) is 2.11. The van der Waals surface area contributed by atoms with Crippen molar-refractivity contribution in [3.05, 3.63) is 23.8 Å². The zero-order valence-electron chi connectivity index (χ0n) is 8.54. The van der Waals surface area contributed by atoms with Crippen molar-refractivity contribution in [3.8, 4) is 5.75 Å². The van der Waals surface area contributed by atoms with Crippen LogP contribution >= 0.6 is 0 Å². The average molecular weight is 179 g/mol. The summed E-state index contributed by atoms with van der Waals surface area (Å²) < 4.78 is 0. The summed E-state index contributed by atoms with van der Waals surface area (Å²) in [4.78, 5) is 2.16. The summed E-state index contributed by atoms with van der Waals surface area (Å²) in [6.07, 6.45) is 0. The van der Waals surface area contributed by atoms with Crippen LogP contribution in [0.2, 0.25) is 0 Å². The molecule has 0 fully saturated rings. The maximum atomic E-state index is 9.68. The number of phenolic OH excluding ortho intramolecular Hbond substituents is 1. The third-order valence-electron chi connectivity index (χ3n) is 2.30. The molecule has 0 aromatic heterocycles. The van der Waals surface area contributed by atoms with Crippen LogP contribution in [0.5, 0.6) is 5.75 Å². The summed E-state index contributed by atoms with van der Waals surface area (Å²) in [5, 5.41) is 9.68. The van der Waals surface area contributed by atoms with Gasteiger partial charge in [-0.1, -0.05) is 12.1 Å². The quantitative estimate of drug-likeness (QED) is 0.770. The molecule has 0 saturated heterocycles. The predicted molar refractivity (Wildman–Crippen MR) is 56.4 cm³/mol. The van der Waals surface area contributed by atoms with Crippen LogP contribution < -0.4 is 4.90 Å². The van der Waals surface area contributed by atoms with E-state index < -0.39 is 0 Å². The molecule has 1 N–H and O–H groups in total. The molecule has 2 heteroatoms. The highest BCUT2D eigenvalue weighted by atomic mass is 16.3. The molecule has 2 nitrogen and oxygen atoms in total. The molecule has 0 unspecified atom stereocenters. The van der Waals surface area contributed by atoms with Gasteiger partial charge in [0.15, 0.2) is 0 Å². The summed E-state index contributed by atoms with van der Waals surface area (Å²) in [7, 11) is 0. The molecular formula is C11H17NO. The van der Waals surface area contributed by atoms with Gasteiger partial charge in [-0.25, -0.2) is 0 Å². The lowest BCUT2D eigenvalue weighted by molar-refractivity contribution is 0.474. The molecule has 0 radical (unpaired) electrons. The van der Waals surface area contributed by atoms with Crippen LogP contribution in [0.3, 0.4) is 0 Å². The molecule has 0 atom stereocenters. The molecule has 72 valence electrons. The Balaban J connectivity index is 3.10. The van der Waals surface area contributed by atoms with Crippen molar-refractivity contribution < 1.29 is 5.11 Å². The fourth-order valence-corrected chi connectivity index (χ4v) is 1.59. The predicted octanol–water partition coefficient (Wildman–Crippen LogP) is 2.55. The first-order valence-corrected chi connectivity index (χ1v) is 4.74. The van der Waals surface area contributed by atoms with Crippen LogP contribution in [0.15, 0.2) is 18.2 Å². The van der Waals surface area contributed by atoms with Crippen molar-refractivity contribution in [2.75, 3.05) is 18.0 Å². The van der Waals surface area contributed by atoms with E-state index in [0.717, 1.165) is 24.3 Å². The highest BCUT2D eigenvalue weighted by Crippen LogP contribution is 2.30. The Kier molecular flexibility index (Phi) is 3.18. The lowest BCUT2D eigenvalue weighted by Crippen LogP contribution is -2.22. The Morgan fingerprint density at radius 3 is 2.31 bits per heavy atom. The molecule has 0 saturated carbocycles. The molecule has 13 heavy (non-hydrogen) atoms. The van der Waals surface area contributed by atoms with E-state index in [1.807, 2.05) is 19.1 Å². The fraction of sp³-hybridized carbons (Fsp3) is 0.455. The number of nitrogens with zero attached hydrogens (tertiary/aromatic N) is 1. The molecule has 0 aliphatic heterocycles. The smallest absolute Gasteiger partial charge is 0.139 e. The molecule has 1 aromatic rings. The van der Waals surface area contributed by atoms with Crippen LogP contribution in [-0.2, 0) is 0 Å². The van der Waals surface area contributed by atoms with Crippen molar-refractivity contribution in [1.82, 2.24) is 0 Å². The van der Waals surface area contributed by atoms with Crippen LogP contribution in [0.4, 0.5) is 5.69 Å². The van der Waals surface area contributed by atoms with Gasteiger partial charge in [0.05, 0.1) is 5.69 Å². The van der Waals surface area contributed by atoms with Crippen LogP contribution in [-0.4, -0.2) is 18.2 Å². The molecule has 0 heterocycles. The Labute approximate surface area is 79.8 Å². The van der Waals surface area contributed by atoms with Gasteiger partial charge in [-0.05, 0) is 32.4 Å². The van der Waals surface area contributed by atoms with Gasteiger partial charge in [-0.3, -0.25) is 0 Å². The molecule has 0 spiro atoms. The summed E-state index contributed by atoms with van der Waals surface area (Å²) >= 11 is 0. The number of hydrogen-bond acceptors (Lipinski definition) is 2. The summed E-state index contributed by atoms with van der Waals surface area (Å²) in [6, 6.07) is 5.63. The summed E-state index contributed by atoms with van der Waals surface area (Å²) in [5.74, 6) is 0.378. The highest BCUT2D eigenvalue weighted by Gasteiger charge is 2.09. The van der Waals surface area contributed by atoms with Crippen molar-refractivity contribution in [1.29, 1.82) is 0 Å². The topological polar surface area (TPSA) is 23.5 Å². The Morgan fingerprint density at radius 2 is 1.85 bits per heavy atom. The maximum absolute atomic E-state index is 9.68. The van der Waals surface area contributed by atoms with Gasteiger partial charge in [0.2, 0.25) is 0 Å². The van der Waals surface area contributed by atoms with Gasteiger partial charge >= 0.3 is 0 Å². The van der Waals surface area contributed by atoms with E-state index >= 15 is 0 Å². The number of rotatable bonds is 3. The zero-order valence-corrected chi connectivity index (χ0v) is 8.54. The normalized spacial score (nSPS) is 10.1. The number of anilines is 1. The van der Waals surface area contributed by atoms with E-state index in [0.29, 0.717) is 5.75 Å². The van der Waals surface area contributed by atoms with E-state index in [4.69, 9.17) is 0 Å². The summed E-state index contributed by atoms with van der Waals surface area (Å²) in [5.41, 5.74) is 2.09. The first-order chi connectivity index (χ1) is 6.20. The van der Waals surface area contributed by atoms with Gasteiger partial charge in [0.1, 0.15) is 5.75 Å². The first kappa shape index (κ1) is 9.90. The van der Waals surface area contributed by atoms with Crippen molar-refractivity contribution in [2.45, 2.75) is 20.8 Å². The van der Waals surface area contributed by atoms with Gasteiger partial charge in [0.25, 0.3) is 0 Å². The van der Waals surface area contributed by atoms with Crippen LogP contribution in [0, 0.1) is 6.92 Å². The third-order valence-corrected chi connectivity index (χ3v) is 2.30. The standard InChI is InChI=1S/C11H17NO/c1-4-12(5-2)11-9(3)7-6-8-10(11)13/h6-8,13H,4-5H2,1-3H3. The second kappa shape index (κ2) is 4.17. The van der Waals surface area contributed by atoms with E-state index in [9.17, 15) is 5.11 Å². The Bertz CT molecular complexity index is 259. The van der Waals surface area contributed by atoms with E-state index in [1.165, 1.54) is 0 Å². The van der Waals surface area contributed by atoms with Gasteiger partial charge in [0, 0.05) is 13.1 Å². The number of benzene rings is 1. The molecule has 0 aliphatic rings. The number of para-hydroxylation sites is 1. The largest absolute Gasteiger partial charge is 0.506 e. The minimum absolute atomic E-state index is 0.378. The SMILES string of the molecule is CCN(CC)c1c(C)cccc1O. The third kappa shape index (κ3) is 1.94. The highest BCUT2D eigenvalue weighted by molar-refractivity contribution is 5.62. The lowest BCUT2D eigenvalue weighted by Gasteiger charge is -2.23. The first-order valence-electron chi connectivity index (χ1n) is 4.74.